The quantitative estimate of drug-likeness (QED) is 0.680. The van der Waals surface area contributed by atoms with E-state index in [2.05, 4.69) is 30.9 Å². The third-order valence-electron chi connectivity index (χ3n) is 3.30. The average Bonchev–Trinajstić information content (AvgIpc) is 2.26. The Morgan fingerprint density at radius 1 is 1.38 bits per heavy atom. The lowest BCUT2D eigenvalue weighted by Gasteiger charge is -2.28. The normalized spacial score (nSPS) is 20.5. The molecule has 0 fully saturated rings. The van der Waals surface area contributed by atoms with E-state index < -0.39 is 18.4 Å². The number of aryl methyl sites for hydroxylation is 1. The lowest BCUT2D eigenvalue weighted by Crippen LogP contribution is -2.37. The van der Waals surface area contributed by atoms with Gasteiger partial charge in [-0.2, -0.15) is 13.1 Å². The van der Waals surface area contributed by atoms with Crippen LogP contribution >= 0.6 is 0 Å². The van der Waals surface area contributed by atoms with Crippen molar-refractivity contribution >= 4 is 18.4 Å². The SMILES string of the molecule is C=C(C[C@@H]1NS(=O)(=O)Oc2ccc(C)cc21)C[Si](C)(C)C. The Morgan fingerprint density at radius 2 is 2.05 bits per heavy atom. The molecule has 0 unspecified atom stereocenters. The second-order valence-corrected chi connectivity index (χ2v) is 13.7. The van der Waals surface area contributed by atoms with Crippen LogP contribution in [0.1, 0.15) is 23.6 Å². The zero-order chi connectivity index (χ0) is 15.8. The van der Waals surface area contributed by atoms with Crippen LogP contribution in [0.5, 0.6) is 5.75 Å². The van der Waals surface area contributed by atoms with Crippen LogP contribution in [0, 0.1) is 6.92 Å². The van der Waals surface area contributed by atoms with Gasteiger partial charge in [-0.05, 0) is 25.5 Å². The first kappa shape index (κ1) is 16.3. The number of rotatable bonds is 4. The highest BCUT2D eigenvalue weighted by Gasteiger charge is 2.31. The fourth-order valence-corrected chi connectivity index (χ4v) is 5.30. The topological polar surface area (TPSA) is 55.4 Å². The first-order valence-electron chi connectivity index (χ1n) is 7.05. The van der Waals surface area contributed by atoms with E-state index in [1.807, 2.05) is 19.1 Å². The summed E-state index contributed by atoms with van der Waals surface area (Å²) in [5.41, 5.74) is 3.07. The third kappa shape index (κ3) is 4.43. The van der Waals surface area contributed by atoms with Gasteiger partial charge in [0, 0.05) is 13.6 Å². The van der Waals surface area contributed by atoms with Gasteiger partial charge in [-0.15, -0.1) is 6.58 Å². The maximum Gasteiger partial charge on any atom is 0.383 e. The second-order valence-electron chi connectivity index (χ2n) is 6.94. The number of nitrogens with one attached hydrogen (secondary N) is 1. The predicted molar refractivity (Wildman–Crippen MR) is 88.5 cm³/mol. The van der Waals surface area contributed by atoms with Crippen molar-refractivity contribution in [3.63, 3.8) is 0 Å². The molecule has 2 rings (SSSR count). The van der Waals surface area contributed by atoms with Crippen molar-refractivity contribution in [2.45, 2.75) is 45.1 Å². The Hall–Kier alpha value is -1.11. The molecule has 1 aliphatic heterocycles. The maximum absolute atomic E-state index is 11.8. The zero-order valence-electron chi connectivity index (χ0n) is 13.1. The van der Waals surface area contributed by atoms with Gasteiger partial charge in [0.1, 0.15) is 5.75 Å². The molecule has 0 bridgehead atoms. The first-order chi connectivity index (χ1) is 9.56. The third-order valence-corrected chi connectivity index (χ3v) is 5.83. The molecular formula is C15H23NO3SSi. The van der Waals surface area contributed by atoms with Crippen molar-refractivity contribution in [1.82, 2.24) is 4.72 Å². The van der Waals surface area contributed by atoms with E-state index >= 15 is 0 Å². The van der Waals surface area contributed by atoms with Gasteiger partial charge in [-0.25, -0.2) is 0 Å². The number of fused-ring (bicyclic) bond motifs is 1. The molecule has 0 radical (unpaired) electrons. The molecule has 1 aromatic rings. The van der Waals surface area contributed by atoms with Crippen molar-refractivity contribution in [1.29, 1.82) is 0 Å². The Balaban J connectivity index is 2.27. The molecule has 0 amide bonds. The maximum atomic E-state index is 11.8. The smallest absolute Gasteiger partial charge is 0.371 e. The van der Waals surface area contributed by atoms with Gasteiger partial charge in [-0.3, -0.25) is 0 Å². The largest absolute Gasteiger partial charge is 0.383 e. The van der Waals surface area contributed by atoms with Crippen molar-refractivity contribution in [2.75, 3.05) is 0 Å². The number of benzene rings is 1. The number of hydrogen-bond acceptors (Lipinski definition) is 3. The highest BCUT2D eigenvalue weighted by atomic mass is 32.2. The van der Waals surface area contributed by atoms with Crippen molar-refractivity contribution in [3.8, 4) is 5.75 Å². The molecule has 1 N–H and O–H groups in total. The van der Waals surface area contributed by atoms with Crippen molar-refractivity contribution < 1.29 is 12.6 Å². The van der Waals surface area contributed by atoms with E-state index in [9.17, 15) is 8.42 Å². The Morgan fingerprint density at radius 3 is 2.67 bits per heavy atom. The van der Waals surface area contributed by atoms with Crippen LogP contribution in [-0.4, -0.2) is 16.5 Å². The van der Waals surface area contributed by atoms with Gasteiger partial charge in [0.25, 0.3) is 0 Å². The highest BCUT2D eigenvalue weighted by molar-refractivity contribution is 7.85. The minimum absolute atomic E-state index is 0.289. The standard InChI is InChI=1S/C15H23NO3SSi/c1-11-6-7-15-13(8-11)14(16-20(17,18)19-15)9-12(2)10-21(3,4)5/h6-8,14,16H,2,9-10H2,1,3-5H3/t14-/m0/s1. The summed E-state index contributed by atoms with van der Waals surface area (Å²) >= 11 is 0. The van der Waals surface area contributed by atoms with E-state index in [1.54, 1.807) is 6.07 Å². The van der Waals surface area contributed by atoms with E-state index in [0.29, 0.717) is 12.2 Å². The van der Waals surface area contributed by atoms with E-state index in [1.165, 1.54) is 0 Å². The van der Waals surface area contributed by atoms with Crippen LogP contribution in [0.3, 0.4) is 0 Å². The summed E-state index contributed by atoms with van der Waals surface area (Å²) in [6.45, 7) is 13.0. The van der Waals surface area contributed by atoms with E-state index in [4.69, 9.17) is 4.18 Å². The lowest BCUT2D eigenvalue weighted by molar-refractivity contribution is 0.427. The summed E-state index contributed by atoms with van der Waals surface area (Å²) in [6.07, 6.45) is 0.614. The van der Waals surface area contributed by atoms with Crippen LogP contribution < -0.4 is 8.91 Å². The monoisotopic (exact) mass is 325 g/mol. The predicted octanol–water partition coefficient (Wildman–Crippen LogP) is 3.55. The van der Waals surface area contributed by atoms with Gasteiger partial charge < -0.3 is 4.18 Å². The summed E-state index contributed by atoms with van der Waals surface area (Å²) < 4.78 is 31.3. The van der Waals surface area contributed by atoms with Crippen LogP contribution in [0.15, 0.2) is 30.4 Å². The van der Waals surface area contributed by atoms with Crippen LogP contribution in [0.2, 0.25) is 25.7 Å². The first-order valence-corrected chi connectivity index (χ1v) is 12.2. The molecule has 0 saturated carbocycles. The second kappa shape index (κ2) is 5.59. The Labute approximate surface area is 128 Å². The average molecular weight is 326 g/mol. The van der Waals surface area contributed by atoms with Gasteiger partial charge in [0.15, 0.2) is 0 Å². The lowest BCUT2D eigenvalue weighted by atomic mass is 9.98. The zero-order valence-corrected chi connectivity index (χ0v) is 14.9. The fourth-order valence-electron chi connectivity index (χ4n) is 2.66. The van der Waals surface area contributed by atoms with Gasteiger partial charge in [0.2, 0.25) is 0 Å². The summed E-state index contributed by atoms with van der Waals surface area (Å²) in [5.74, 6) is 0.421. The molecular weight excluding hydrogens is 302 g/mol. The Bertz CT molecular complexity index is 662. The number of hydrogen-bond donors (Lipinski definition) is 1. The van der Waals surface area contributed by atoms with Gasteiger partial charge >= 0.3 is 10.3 Å². The Kier molecular flexibility index (Phi) is 4.33. The minimum atomic E-state index is -3.73. The summed E-state index contributed by atoms with van der Waals surface area (Å²) in [4.78, 5) is 0. The molecule has 1 heterocycles. The summed E-state index contributed by atoms with van der Waals surface area (Å²) in [5, 5.41) is 0. The highest BCUT2D eigenvalue weighted by Crippen LogP contribution is 2.36. The molecule has 0 saturated heterocycles. The molecule has 116 valence electrons. The summed E-state index contributed by atoms with van der Waals surface area (Å²) in [7, 11) is -4.98. The van der Waals surface area contributed by atoms with Crippen LogP contribution in [0.25, 0.3) is 0 Å². The fraction of sp³-hybridized carbons (Fsp3) is 0.467. The van der Waals surface area contributed by atoms with E-state index in [0.717, 1.165) is 22.7 Å². The molecule has 0 aromatic heterocycles. The van der Waals surface area contributed by atoms with Crippen molar-refractivity contribution in [2.24, 2.45) is 0 Å². The molecule has 0 aliphatic carbocycles. The molecule has 0 spiro atoms. The minimum Gasteiger partial charge on any atom is -0.371 e. The van der Waals surface area contributed by atoms with Gasteiger partial charge in [0.05, 0.1) is 6.04 Å². The molecule has 21 heavy (non-hydrogen) atoms. The van der Waals surface area contributed by atoms with Gasteiger partial charge in [-0.1, -0.05) is 42.9 Å². The summed E-state index contributed by atoms with van der Waals surface area (Å²) in [6, 6.07) is 6.25. The molecule has 6 heteroatoms. The van der Waals surface area contributed by atoms with Crippen molar-refractivity contribution in [3.05, 3.63) is 41.5 Å². The van der Waals surface area contributed by atoms with E-state index in [-0.39, 0.29) is 6.04 Å². The molecule has 4 nitrogen and oxygen atoms in total. The molecule has 1 atom stereocenters. The molecule has 1 aliphatic rings. The van der Waals surface area contributed by atoms with Crippen LogP contribution in [-0.2, 0) is 10.3 Å². The van der Waals surface area contributed by atoms with Crippen LogP contribution in [0.4, 0.5) is 0 Å². The molecule has 1 aromatic carbocycles.